The lowest BCUT2D eigenvalue weighted by molar-refractivity contribution is -0.156. The van der Waals surface area contributed by atoms with Gasteiger partial charge in [-0.3, -0.25) is 24.2 Å². The number of benzene rings is 6. The molecule has 9 rings (SSSR count). The summed E-state index contributed by atoms with van der Waals surface area (Å²) in [6, 6.07) is 66.5. The lowest BCUT2D eigenvalue weighted by Gasteiger charge is -1.98. The van der Waals surface area contributed by atoms with E-state index in [4.69, 9.17) is 10.2 Å². The summed E-state index contributed by atoms with van der Waals surface area (Å²) in [7, 11) is 3.35. The van der Waals surface area contributed by atoms with Crippen LogP contribution in [0.2, 0.25) is 0 Å². The van der Waals surface area contributed by atoms with E-state index in [-0.39, 0.29) is 5.97 Å². The summed E-state index contributed by atoms with van der Waals surface area (Å²) in [5.41, 5.74) is 9.29. The Hall–Kier alpha value is -8.77. The molecule has 0 bridgehead atoms. The second-order valence-electron chi connectivity index (χ2n) is 14.3. The van der Waals surface area contributed by atoms with Gasteiger partial charge >= 0.3 is 17.9 Å². The maximum absolute atomic E-state index is 10.0. The van der Waals surface area contributed by atoms with Gasteiger partial charge in [-0.25, -0.2) is 9.97 Å². The highest BCUT2D eigenvalue weighted by Gasteiger charge is 1.97. The van der Waals surface area contributed by atoms with Crippen molar-refractivity contribution >= 4 is 81.2 Å². The number of aldehydes is 1. The fourth-order valence-electron chi connectivity index (χ4n) is 5.74. The molecule has 0 unspecified atom stereocenters. The van der Waals surface area contributed by atoms with E-state index in [1.165, 1.54) is 55.2 Å². The Bertz CT molecular complexity index is 2860. The van der Waals surface area contributed by atoms with Crippen molar-refractivity contribution in [2.45, 2.75) is 27.7 Å². The zero-order valence-electron chi connectivity index (χ0n) is 41.1. The molecule has 11 heteroatoms. The Morgan fingerprint density at radius 1 is 0.394 bits per heavy atom. The van der Waals surface area contributed by atoms with Gasteiger partial charge in [0.1, 0.15) is 6.29 Å². The number of methoxy groups -OCH3 is 1. The Balaban J connectivity index is 0.000000304. The zero-order chi connectivity index (χ0) is 52.1. The number of aliphatic hydroxyl groups excluding tert-OH is 2. The van der Waals surface area contributed by atoms with Crippen molar-refractivity contribution in [1.82, 2.24) is 15.0 Å². The van der Waals surface area contributed by atoms with Gasteiger partial charge in [-0.05, 0) is 66.6 Å². The Morgan fingerprint density at radius 2 is 0.704 bits per heavy atom. The van der Waals surface area contributed by atoms with E-state index in [0.717, 1.165) is 59.7 Å². The van der Waals surface area contributed by atoms with E-state index in [9.17, 15) is 19.2 Å². The van der Waals surface area contributed by atoms with Crippen molar-refractivity contribution in [3.63, 3.8) is 0 Å². The van der Waals surface area contributed by atoms with Crippen LogP contribution < -0.4 is 0 Å². The van der Waals surface area contributed by atoms with Gasteiger partial charge in [0.15, 0.2) is 0 Å². The van der Waals surface area contributed by atoms with E-state index in [1.54, 1.807) is 12.1 Å². The molecule has 9 aromatic rings. The highest BCUT2D eigenvalue weighted by Crippen LogP contribution is 2.15. The predicted octanol–water partition coefficient (Wildman–Crippen LogP) is 12.3. The summed E-state index contributed by atoms with van der Waals surface area (Å²) in [5.74, 6) is -1.37. The topological polar surface area (TPSA) is 166 Å². The number of ether oxygens (including phenoxy) is 2. The van der Waals surface area contributed by atoms with Crippen LogP contribution in [0.4, 0.5) is 0 Å². The number of aliphatic hydroxyl groups is 2. The minimum atomic E-state index is -0.562. The van der Waals surface area contributed by atoms with Crippen molar-refractivity contribution in [3.8, 4) is 0 Å². The first kappa shape index (κ1) is 58.4. The van der Waals surface area contributed by atoms with Crippen molar-refractivity contribution < 1.29 is 38.9 Å². The standard InChI is InChI=1S/2C17H13N.C10H9N.C7H6O.C4H6O3.C3H6O2.2CH4O/c2*1-2-6-14(7-3-1)10-12-16-13-11-15-8-4-5-9-17(15)18-16;1-8-6-7-9-4-2-3-5-10(9)11-8;8-6-7-4-2-1-3-5-7;1-3(5)7-4(2)6;1-3(4)5-2;2*1-2/h2*1-13H;2-7H,1H3;1-6H;1-2H3;1-2H3;2*2H,1H3/b2*12-10+;;;;;;. The third kappa shape index (κ3) is 24.7. The zero-order valence-corrected chi connectivity index (χ0v) is 41.1. The fourth-order valence-corrected chi connectivity index (χ4v) is 5.74. The van der Waals surface area contributed by atoms with Gasteiger partial charge in [0.2, 0.25) is 0 Å². The molecule has 0 spiro atoms. The summed E-state index contributed by atoms with van der Waals surface area (Å²) in [6.45, 7) is 5.73. The number of pyridine rings is 3. The van der Waals surface area contributed by atoms with Gasteiger partial charge in [0, 0.05) is 62.4 Å². The smallest absolute Gasteiger partial charge is 0.310 e. The van der Waals surface area contributed by atoms with E-state index < -0.39 is 11.9 Å². The number of carbonyl (C=O) groups is 4. The lowest BCUT2D eigenvalue weighted by atomic mass is 10.1. The molecule has 71 heavy (non-hydrogen) atoms. The maximum atomic E-state index is 10.0. The molecule has 2 N–H and O–H groups in total. The molecule has 11 nitrogen and oxygen atoms in total. The van der Waals surface area contributed by atoms with Gasteiger partial charge in [-0.15, -0.1) is 0 Å². The molecule has 0 aliphatic rings. The molecule has 0 radical (unpaired) electrons. The molecule has 0 amide bonds. The number of carbonyl (C=O) groups excluding carboxylic acids is 4. The van der Waals surface area contributed by atoms with Gasteiger partial charge in [0.05, 0.1) is 35.0 Å². The van der Waals surface area contributed by atoms with Crippen LogP contribution >= 0.6 is 0 Å². The van der Waals surface area contributed by atoms with Crippen molar-refractivity contribution in [3.05, 3.63) is 234 Å². The maximum Gasteiger partial charge on any atom is 0.310 e. The number of aryl methyl sites for hydroxylation is 1. The third-order valence-corrected chi connectivity index (χ3v) is 8.98. The quantitative estimate of drug-likeness (QED) is 0.0958. The summed E-state index contributed by atoms with van der Waals surface area (Å²) in [5, 5.41) is 17.6. The third-order valence-electron chi connectivity index (χ3n) is 8.98. The predicted molar refractivity (Wildman–Crippen MR) is 289 cm³/mol. The van der Waals surface area contributed by atoms with Crippen LogP contribution in [0.5, 0.6) is 0 Å². The summed E-state index contributed by atoms with van der Waals surface area (Å²) >= 11 is 0. The van der Waals surface area contributed by atoms with Crippen LogP contribution in [0.15, 0.2) is 200 Å². The molecule has 0 saturated carbocycles. The Morgan fingerprint density at radius 3 is 1.01 bits per heavy atom. The molecule has 0 fully saturated rings. The average Bonchev–Trinajstić information content (AvgIpc) is 3.42. The molecule has 0 aliphatic carbocycles. The number of fused-ring (bicyclic) bond motifs is 3. The summed E-state index contributed by atoms with van der Waals surface area (Å²) in [4.78, 5) is 52.8. The summed E-state index contributed by atoms with van der Waals surface area (Å²) in [6.07, 6.45) is 9.08. The van der Waals surface area contributed by atoms with E-state index in [0.29, 0.717) is 0 Å². The molecule has 3 aromatic heterocycles. The average molecular weight is 952 g/mol. The van der Waals surface area contributed by atoms with Gasteiger partial charge in [0.25, 0.3) is 0 Å². The number of esters is 3. The second kappa shape index (κ2) is 35.4. The SMILES string of the molecule is C(=C\c1ccc2ccccc2n1)/c1ccccc1.C(=C\c1ccc2ccccc2n1)/c1ccccc1.CC(=O)OC(C)=O.CO.CO.COC(C)=O.Cc1ccc2ccccc2n1.O=Cc1ccccc1. The first-order chi connectivity index (χ1) is 34.5. The molecular formula is C60H61N3O8. The molecule has 0 saturated heterocycles. The normalized spacial score (nSPS) is 9.59. The van der Waals surface area contributed by atoms with Crippen molar-refractivity contribution in [1.29, 1.82) is 0 Å². The van der Waals surface area contributed by atoms with Gasteiger partial charge < -0.3 is 19.7 Å². The van der Waals surface area contributed by atoms with Crippen LogP contribution in [0.3, 0.4) is 0 Å². The molecule has 3 heterocycles. The largest absolute Gasteiger partial charge is 0.469 e. The monoisotopic (exact) mass is 951 g/mol. The summed E-state index contributed by atoms with van der Waals surface area (Å²) < 4.78 is 8.08. The number of nitrogens with zero attached hydrogens (tertiary/aromatic N) is 3. The van der Waals surface area contributed by atoms with Crippen LogP contribution in [0.25, 0.3) is 57.0 Å². The van der Waals surface area contributed by atoms with Crippen LogP contribution in [-0.4, -0.2) is 70.7 Å². The Labute approximate surface area is 416 Å². The minimum absolute atomic E-state index is 0.245. The molecule has 0 atom stereocenters. The number of hydrogen-bond donors (Lipinski definition) is 2. The number of aromatic nitrogens is 3. The van der Waals surface area contributed by atoms with Gasteiger partial charge in [-0.2, -0.15) is 0 Å². The first-order valence-corrected chi connectivity index (χ1v) is 22.2. The van der Waals surface area contributed by atoms with Crippen LogP contribution in [0, 0.1) is 6.92 Å². The van der Waals surface area contributed by atoms with Crippen molar-refractivity contribution in [2.24, 2.45) is 0 Å². The number of para-hydroxylation sites is 3. The second-order valence-corrected chi connectivity index (χ2v) is 14.3. The van der Waals surface area contributed by atoms with Crippen LogP contribution in [-0.2, 0) is 23.9 Å². The first-order valence-electron chi connectivity index (χ1n) is 22.2. The minimum Gasteiger partial charge on any atom is -0.469 e. The highest BCUT2D eigenvalue weighted by atomic mass is 16.6. The van der Waals surface area contributed by atoms with E-state index in [1.807, 2.05) is 146 Å². The van der Waals surface area contributed by atoms with E-state index >= 15 is 0 Å². The van der Waals surface area contributed by atoms with Crippen LogP contribution in [0.1, 0.15) is 59.3 Å². The van der Waals surface area contributed by atoms with Crippen molar-refractivity contribution in [2.75, 3.05) is 21.3 Å². The van der Waals surface area contributed by atoms with E-state index in [2.05, 4.69) is 97.2 Å². The molecule has 6 aromatic carbocycles. The molecule has 0 aliphatic heterocycles. The molecular weight excluding hydrogens is 891 g/mol. The Kier molecular flexibility index (Phi) is 29.1. The van der Waals surface area contributed by atoms with Gasteiger partial charge in [-0.1, -0.05) is 176 Å². The number of rotatable bonds is 5. The molecule has 364 valence electrons. The lowest BCUT2D eigenvalue weighted by Crippen LogP contribution is -2.03. The number of hydrogen-bond acceptors (Lipinski definition) is 11. The highest BCUT2D eigenvalue weighted by molar-refractivity contribution is 5.83. The fraction of sp³-hybridized carbons (Fsp3) is 0.117.